The third-order valence-corrected chi connectivity index (χ3v) is 3.55. The van der Waals surface area contributed by atoms with E-state index in [1.165, 1.54) is 5.56 Å². The first-order valence-electron chi connectivity index (χ1n) is 6.80. The van der Waals surface area contributed by atoms with E-state index in [4.69, 9.17) is 4.74 Å². The molecular formula is C18H19NO. The van der Waals surface area contributed by atoms with Crippen LogP contribution >= 0.6 is 0 Å². The lowest BCUT2D eigenvalue weighted by atomic mass is 9.81. The largest absolute Gasteiger partial charge is 0.494 e. The van der Waals surface area contributed by atoms with Gasteiger partial charge in [-0.15, -0.1) is 0 Å². The molecule has 0 bridgehead atoms. The van der Waals surface area contributed by atoms with Crippen LogP contribution in [0.25, 0.3) is 0 Å². The number of benzene rings is 2. The summed E-state index contributed by atoms with van der Waals surface area (Å²) in [7, 11) is 0. The van der Waals surface area contributed by atoms with Gasteiger partial charge in [-0.2, -0.15) is 5.26 Å². The zero-order valence-corrected chi connectivity index (χ0v) is 12.0. The monoisotopic (exact) mass is 265 g/mol. The van der Waals surface area contributed by atoms with Crippen molar-refractivity contribution in [2.75, 3.05) is 6.61 Å². The summed E-state index contributed by atoms with van der Waals surface area (Å²) >= 11 is 0. The lowest BCUT2D eigenvalue weighted by molar-refractivity contribution is 0.285. The highest BCUT2D eigenvalue weighted by Gasteiger charge is 2.26. The Morgan fingerprint density at radius 2 is 1.70 bits per heavy atom. The van der Waals surface area contributed by atoms with E-state index in [1.807, 2.05) is 68.4 Å². The van der Waals surface area contributed by atoms with Gasteiger partial charge in [0.2, 0.25) is 0 Å². The van der Waals surface area contributed by atoms with Gasteiger partial charge in [-0.3, -0.25) is 0 Å². The fraction of sp³-hybridized carbons (Fsp3) is 0.278. The van der Waals surface area contributed by atoms with Crippen molar-refractivity contribution in [3.63, 3.8) is 0 Å². The van der Waals surface area contributed by atoms with Crippen LogP contribution in [0.5, 0.6) is 5.75 Å². The molecule has 0 aliphatic rings. The Bertz CT molecular complexity index is 583. The minimum Gasteiger partial charge on any atom is -0.494 e. The van der Waals surface area contributed by atoms with Crippen LogP contribution in [0.2, 0.25) is 0 Å². The summed E-state index contributed by atoms with van der Waals surface area (Å²) < 4.78 is 5.73. The average Bonchev–Trinajstić information content (AvgIpc) is 2.50. The van der Waals surface area contributed by atoms with Crippen molar-refractivity contribution >= 4 is 0 Å². The molecule has 2 rings (SSSR count). The SMILES string of the molecule is Cc1ccc(OCCC(C)(C#N)c2ccccc2)cc1. The van der Waals surface area contributed by atoms with Crippen molar-refractivity contribution in [1.82, 2.24) is 0 Å². The third-order valence-electron chi connectivity index (χ3n) is 3.55. The summed E-state index contributed by atoms with van der Waals surface area (Å²) in [5.74, 6) is 0.851. The van der Waals surface area contributed by atoms with Gasteiger partial charge in [-0.05, 0) is 31.5 Å². The molecule has 0 N–H and O–H groups in total. The van der Waals surface area contributed by atoms with Crippen LogP contribution in [0, 0.1) is 18.3 Å². The zero-order valence-electron chi connectivity index (χ0n) is 12.0. The Hall–Kier alpha value is -2.27. The molecule has 0 aliphatic heterocycles. The van der Waals surface area contributed by atoms with Crippen LogP contribution in [-0.4, -0.2) is 6.61 Å². The van der Waals surface area contributed by atoms with E-state index in [2.05, 4.69) is 6.07 Å². The lowest BCUT2D eigenvalue weighted by Gasteiger charge is -2.22. The number of ether oxygens (including phenoxy) is 1. The molecule has 0 saturated carbocycles. The summed E-state index contributed by atoms with van der Waals surface area (Å²) in [6, 6.07) is 20.3. The molecule has 1 atom stereocenters. The highest BCUT2D eigenvalue weighted by atomic mass is 16.5. The highest BCUT2D eigenvalue weighted by Crippen LogP contribution is 2.27. The van der Waals surface area contributed by atoms with Crippen molar-refractivity contribution < 1.29 is 4.74 Å². The normalized spacial score (nSPS) is 13.2. The number of aryl methyl sites for hydroxylation is 1. The standard InChI is InChI=1S/C18H19NO/c1-15-8-10-17(11-9-15)20-13-12-18(2,14-19)16-6-4-3-5-7-16/h3-11H,12-13H2,1-2H3. The van der Waals surface area contributed by atoms with E-state index in [0.717, 1.165) is 11.3 Å². The molecule has 0 heterocycles. The summed E-state index contributed by atoms with van der Waals surface area (Å²) in [5, 5.41) is 9.47. The maximum absolute atomic E-state index is 9.47. The minimum atomic E-state index is -0.508. The van der Waals surface area contributed by atoms with Gasteiger partial charge in [0.1, 0.15) is 5.75 Å². The van der Waals surface area contributed by atoms with Crippen molar-refractivity contribution in [2.24, 2.45) is 0 Å². The minimum absolute atomic E-state index is 0.508. The van der Waals surface area contributed by atoms with E-state index in [1.54, 1.807) is 0 Å². The molecule has 0 radical (unpaired) electrons. The Labute approximate surface area is 120 Å². The Balaban J connectivity index is 1.98. The molecule has 20 heavy (non-hydrogen) atoms. The predicted molar refractivity (Wildman–Crippen MR) is 80.7 cm³/mol. The van der Waals surface area contributed by atoms with Crippen LogP contribution in [0.3, 0.4) is 0 Å². The van der Waals surface area contributed by atoms with Crippen molar-refractivity contribution in [3.8, 4) is 11.8 Å². The van der Waals surface area contributed by atoms with Gasteiger partial charge in [0.15, 0.2) is 0 Å². The molecule has 0 spiro atoms. The van der Waals surface area contributed by atoms with Crippen molar-refractivity contribution in [2.45, 2.75) is 25.7 Å². The highest BCUT2D eigenvalue weighted by molar-refractivity contribution is 5.31. The molecule has 0 amide bonds. The summed E-state index contributed by atoms with van der Waals surface area (Å²) in [6.07, 6.45) is 0.668. The number of nitriles is 1. The second-order valence-electron chi connectivity index (χ2n) is 5.22. The fourth-order valence-corrected chi connectivity index (χ4v) is 2.08. The number of nitrogens with zero attached hydrogens (tertiary/aromatic N) is 1. The molecule has 2 aromatic carbocycles. The molecule has 2 nitrogen and oxygen atoms in total. The van der Waals surface area contributed by atoms with Crippen LogP contribution in [-0.2, 0) is 5.41 Å². The predicted octanol–water partition coefficient (Wildman–Crippen LogP) is 4.25. The second kappa shape index (κ2) is 6.25. The van der Waals surface area contributed by atoms with E-state index in [9.17, 15) is 5.26 Å². The quantitative estimate of drug-likeness (QED) is 0.809. The molecule has 0 fully saturated rings. The number of rotatable bonds is 5. The first kappa shape index (κ1) is 14.1. The Morgan fingerprint density at radius 3 is 2.30 bits per heavy atom. The third kappa shape index (κ3) is 3.39. The summed E-state index contributed by atoms with van der Waals surface area (Å²) in [5.41, 5.74) is 1.74. The van der Waals surface area contributed by atoms with Crippen LogP contribution in [0.1, 0.15) is 24.5 Å². The average molecular weight is 265 g/mol. The van der Waals surface area contributed by atoms with E-state index < -0.39 is 5.41 Å². The van der Waals surface area contributed by atoms with Gasteiger partial charge in [0.25, 0.3) is 0 Å². The van der Waals surface area contributed by atoms with Gasteiger partial charge in [0, 0.05) is 6.42 Å². The van der Waals surface area contributed by atoms with Gasteiger partial charge in [-0.25, -0.2) is 0 Å². The molecule has 0 aliphatic carbocycles. The van der Waals surface area contributed by atoms with Gasteiger partial charge in [0.05, 0.1) is 18.1 Å². The molecule has 2 aromatic rings. The van der Waals surface area contributed by atoms with Crippen molar-refractivity contribution in [3.05, 3.63) is 65.7 Å². The fourth-order valence-electron chi connectivity index (χ4n) is 2.08. The topological polar surface area (TPSA) is 33.0 Å². The molecule has 0 saturated heterocycles. The van der Waals surface area contributed by atoms with Crippen LogP contribution in [0.4, 0.5) is 0 Å². The maximum atomic E-state index is 9.47. The molecule has 2 heteroatoms. The van der Waals surface area contributed by atoms with Crippen molar-refractivity contribution in [1.29, 1.82) is 5.26 Å². The number of hydrogen-bond donors (Lipinski definition) is 0. The van der Waals surface area contributed by atoms with E-state index >= 15 is 0 Å². The molecule has 102 valence electrons. The first-order valence-corrected chi connectivity index (χ1v) is 6.80. The molecular weight excluding hydrogens is 246 g/mol. The molecule has 1 unspecified atom stereocenters. The molecule has 0 aromatic heterocycles. The Kier molecular flexibility index (Phi) is 4.42. The second-order valence-corrected chi connectivity index (χ2v) is 5.22. The van der Waals surface area contributed by atoms with E-state index in [0.29, 0.717) is 13.0 Å². The number of hydrogen-bond acceptors (Lipinski definition) is 2. The Morgan fingerprint density at radius 1 is 1.05 bits per heavy atom. The summed E-state index contributed by atoms with van der Waals surface area (Å²) in [6.45, 7) is 4.54. The maximum Gasteiger partial charge on any atom is 0.119 e. The zero-order chi connectivity index (χ0) is 14.4. The smallest absolute Gasteiger partial charge is 0.119 e. The van der Waals surface area contributed by atoms with Gasteiger partial charge < -0.3 is 4.74 Å². The lowest BCUT2D eigenvalue weighted by Crippen LogP contribution is -2.22. The van der Waals surface area contributed by atoms with Gasteiger partial charge >= 0.3 is 0 Å². The van der Waals surface area contributed by atoms with E-state index in [-0.39, 0.29) is 0 Å². The first-order chi connectivity index (χ1) is 9.64. The van der Waals surface area contributed by atoms with Crippen LogP contribution < -0.4 is 4.74 Å². The van der Waals surface area contributed by atoms with Crippen LogP contribution in [0.15, 0.2) is 54.6 Å². The van der Waals surface area contributed by atoms with Gasteiger partial charge in [-0.1, -0.05) is 48.0 Å². The summed E-state index contributed by atoms with van der Waals surface area (Å²) in [4.78, 5) is 0.